The zero-order valence-electron chi connectivity index (χ0n) is 19.5. The molecular weight excluding hydrogens is 398 g/mol. The first-order valence-electron chi connectivity index (χ1n) is 12.2. The smallest absolute Gasteiger partial charge is 0.224 e. The van der Waals surface area contributed by atoms with Gasteiger partial charge in [0.25, 0.3) is 0 Å². The molecule has 1 aliphatic carbocycles. The van der Waals surface area contributed by atoms with Crippen molar-refractivity contribution in [3.63, 3.8) is 0 Å². The van der Waals surface area contributed by atoms with Gasteiger partial charge in [-0.2, -0.15) is 4.98 Å². The highest BCUT2D eigenvalue weighted by Crippen LogP contribution is 2.36. The van der Waals surface area contributed by atoms with Gasteiger partial charge >= 0.3 is 0 Å². The Labute approximate surface area is 191 Å². The number of benzene rings is 1. The topological polar surface area (TPSA) is 75.0 Å². The van der Waals surface area contributed by atoms with Gasteiger partial charge in [-0.3, -0.25) is 0 Å². The van der Waals surface area contributed by atoms with Gasteiger partial charge in [0, 0.05) is 48.5 Å². The molecule has 0 spiro atoms. The molecule has 0 saturated heterocycles. The first-order valence-corrected chi connectivity index (χ1v) is 12.2. The molecule has 2 heterocycles. The van der Waals surface area contributed by atoms with Crippen molar-refractivity contribution in [2.75, 3.05) is 18.5 Å². The van der Waals surface area contributed by atoms with Gasteiger partial charge in [0.15, 0.2) is 0 Å². The number of aromatic nitrogens is 3. The first kappa shape index (κ1) is 22.7. The summed E-state index contributed by atoms with van der Waals surface area (Å²) >= 11 is 0. The average Bonchev–Trinajstić information content (AvgIpc) is 3.19. The molecule has 3 N–H and O–H groups in total. The van der Waals surface area contributed by atoms with Crippen molar-refractivity contribution in [3.8, 4) is 11.1 Å². The van der Waals surface area contributed by atoms with Gasteiger partial charge in [-0.15, -0.1) is 0 Å². The molecule has 0 bridgehead atoms. The van der Waals surface area contributed by atoms with Crippen molar-refractivity contribution in [2.45, 2.75) is 77.4 Å². The van der Waals surface area contributed by atoms with Crippen LogP contribution in [0.15, 0.2) is 36.7 Å². The van der Waals surface area contributed by atoms with Crippen LogP contribution in [0.5, 0.6) is 0 Å². The van der Waals surface area contributed by atoms with Crippen LogP contribution in [0.2, 0.25) is 0 Å². The lowest BCUT2D eigenvalue weighted by molar-refractivity contribution is 0.292. The normalized spacial score (nSPS) is 15.8. The van der Waals surface area contributed by atoms with E-state index in [1.54, 1.807) is 0 Å². The molecule has 1 fully saturated rings. The highest BCUT2D eigenvalue weighted by molar-refractivity contribution is 5.94. The van der Waals surface area contributed by atoms with Crippen LogP contribution in [-0.4, -0.2) is 38.8 Å². The maximum absolute atomic E-state index is 8.96. The van der Waals surface area contributed by atoms with Crippen LogP contribution in [0.4, 0.5) is 5.95 Å². The predicted octanol–water partition coefficient (Wildman–Crippen LogP) is 5.29. The van der Waals surface area contributed by atoms with Crippen molar-refractivity contribution in [1.29, 1.82) is 0 Å². The number of nitrogens with one attached hydrogen (secondary N) is 2. The van der Waals surface area contributed by atoms with Crippen molar-refractivity contribution in [3.05, 3.63) is 42.2 Å². The van der Waals surface area contributed by atoms with Crippen LogP contribution in [0.1, 0.15) is 70.4 Å². The number of aliphatic hydroxyl groups excluding tert-OH is 1. The standard InChI is InChI=1S/C26H37N5O/c1-3-7-19(2)29-26-28-17-23-24(21-12-10-20(11-13-21)16-27-14-15-32)18-31(25(23)30-26)22-8-5-4-6-9-22/h10-13,17-19,22,27,32H,3-9,14-16H2,1-2H3,(H,28,29,30)/t19-/m1/s1. The van der Waals surface area contributed by atoms with Crippen LogP contribution in [0.3, 0.4) is 0 Å². The second-order valence-corrected chi connectivity index (χ2v) is 9.10. The summed E-state index contributed by atoms with van der Waals surface area (Å²) in [6.07, 6.45) is 12.9. The number of fused-ring (bicyclic) bond motifs is 1. The zero-order chi connectivity index (χ0) is 22.3. The number of rotatable bonds is 10. The lowest BCUT2D eigenvalue weighted by Crippen LogP contribution is -2.17. The van der Waals surface area contributed by atoms with Crippen LogP contribution in [-0.2, 0) is 6.54 Å². The number of anilines is 1. The lowest BCUT2D eigenvalue weighted by Gasteiger charge is -2.24. The van der Waals surface area contributed by atoms with E-state index in [2.05, 4.69) is 64.5 Å². The predicted molar refractivity (Wildman–Crippen MR) is 132 cm³/mol. The Kier molecular flexibility index (Phi) is 7.76. The average molecular weight is 436 g/mol. The van der Waals surface area contributed by atoms with Gasteiger partial charge < -0.3 is 20.3 Å². The van der Waals surface area contributed by atoms with Crippen molar-refractivity contribution in [1.82, 2.24) is 19.9 Å². The van der Waals surface area contributed by atoms with E-state index in [1.807, 2.05) is 6.20 Å². The van der Waals surface area contributed by atoms with Gasteiger partial charge in [-0.1, -0.05) is 56.9 Å². The molecule has 172 valence electrons. The molecule has 3 aromatic rings. The third kappa shape index (κ3) is 5.30. The Morgan fingerprint density at radius 1 is 1.16 bits per heavy atom. The molecule has 1 saturated carbocycles. The summed E-state index contributed by atoms with van der Waals surface area (Å²) in [5.74, 6) is 0.727. The van der Waals surface area contributed by atoms with Crippen molar-refractivity contribution in [2.24, 2.45) is 0 Å². The van der Waals surface area contributed by atoms with Gasteiger partial charge in [0.2, 0.25) is 5.95 Å². The number of aliphatic hydroxyl groups is 1. The number of hydrogen-bond acceptors (Lipinski definition) is 5. The minimum Gasteiger partial charge on any atom is -0.395 e. The fourth-order valence-corrected chi connectivity index (χ4v) is 4.81. The molecule has 32 heavy (non-hydrogen) atoms. The molecule has 1 atom stereocenters. The van der Waals surface area contributed by atoms with Crippen molar-refractivity contribution >= 4 is 17.0 Å². The van der Waals surface area contributed by atoms with Crippen LogP contribution in [0.25, 0.3) is 22.2 Å². The molecule has 0 unspecified atom stereocenters. The minimum absolute atomic E-state index is 0.160. The van der Waals surface area contributed by atoms with Crippen LogP contribution >= 0.6 is 0 Å². The van der Waals surface area contributed by atoms with Crippen molar-refractivity contribution < 1.29 is 5.11 Å². The Morgan fingerprint density at radius 2 is 1.94 bits per heavy atom. The molecule has 0 radical (unpaired) electrons. The zero-order valence-corrected chi connectivity index (χ0v) is 19.5. The van der Waals surface area contributed by atoms with Crippen LogP contribution in [0, 0.1) is 0 Å². The Balaban J connectivity index is 1.67. The van der Waals surface area contributed by atoms with E-state index in [4.69, 9.17) is 10.1 Å². The fourth-order valence-electron chi connectivity index (χ4n) is 4.81. The summed E-state index contributed by atoms with van der Waals surface area (Å²) < 4.78 is 2.41. The minimum atomic E-state index is 0.160. The molecule has 0 aliphatic heterocycles. The summed E-state index contributed by atoms with van der Waals surface area (Å²) in [5, 5.41) is 16.8. The quantitative estimate of drug-likeness (QED) is 0.378. The maximum Gasteiger partial charge on any atom is 0.224 e. The Bertz CT molecular complexity index is 991. The SMILES string of the molecule is CCC[C@@H](C)Nc1ncc2c(-c3ccc(CNCCO)cc3)cn(C3CCCCC3)c2n1. The largest absolute Gasteiger partial charge is 0.395 e. The second-order valence-electron chi connectivity index (χ2n) is 9.10. The van der Waals surface area contributed by atoms with Crippen LogP contribution < -0.4 is 10.6 Å². The molecule has 6 heteroatoms. The summed E-state index contributed by atoms with van der Waals surface area (Å²) in [4.78, 5) is 9.67. The monoisotopic (exact) mass is 435 g/mol. The van der Waals surface area contributed by atoms with Gasteiger partial charge in [-0.25, -0.2) is 4.98 Å². The van der Waals surface area contributed by atoms with E-state index in [9.17, 15) is 0 Å². The molecule has 0 amide bonds. The summed E-state index contributed by atoms with van der Waals surface area (Å²) in [7, 11) is 0. The highest BCUT2D eigenvalue weighted by atomic mass is 16.3. The van der Waals surface area contributed by atoms with E-state index >= 15 is 0 Å². The molecule has 6 nitrogen and oxygen atoms in total. The number of hydrogen-bond donors (Lipinski definition) is 3. The first-order chi connectivity index (χ1) is 15.7. The molecule has 2 aromatic heterocycles. The third-order valence-corrected chi connectivity index (χ3v) is 6.52. The third-order valence-electron chi connectivity index (χ3n) is 6.52. The molecular formula is C26H37N5O. The summed E-state index contributed by atoms with van der Waals surface area (Å²) in [6.45, 7) is 5.93. The summed E-state index contributed by atoms with van der Waals surface area (Å²) in [5.41, 5.74) is 4.65. The van der Waals surface area contributed by atoms with Gasteiger partial charge in [-0.05, 0) is 37.3 Å². The Hall–Kier alpha value is -2.44. The number of nitrogens with zero attached hydrogens (tertiary/aromatic N) is 3. The van der Waals surface area contributed by atoms with Gasteiger partial charge in [0.1, 0.15) is 5.65 Å². The highest BCUT2D eigenvalue weighted by Gasteiger charge is 2.21. The Morgan fingerprint density at radius 3 is 2.66 bits per heavy atom. The van der Waals surface area contributed by atoms with Gasteiger partial charge in [0.05, 0.1) is 6.61 Å². The lowest BCUT2D eigenvalue weighted by atomic mass is 9.95. The second kappa shape index (κ2) is 10.9. The van der Waals surface area contributed by atoms with E-state index < -0.39 is 0 Å². The van der Waals surface area contributed by atoms with E-state index in [0.717, 1.165) is 36.4 Å². The molecule has 4 rings (SSSR count). The maximum atomic E-state index is 8.96. The van der Waals surface area contributed by atoms with E-state index in [-0.39, 0.29) is 6.61 Å². The van der Waals surface area contributed by atoms with E-state index in [1.165, 1.54) is 48.8 Å². The summed E-state index contributed by atoms with van der Waals surface area (Å²) in [6, 6.07) is 9.57. The molecule has 1 aromatic carbocycles. The molecule has 1 aliphatic rings. The van der Waals surface area contributed by atoms with E-state index in [0.29, 0.717) is 18.6 Å². The fraction of sp³-hybridized carbons (Fsp3) is 0.538.